The van der Waals surface area contributed by atoms with E-state index in [0.29, 0.717) is 23.9 Å². The van der Waals surface area contributed by atoms with Gasteiger partial charge in [0, 0.05) is 41.2 Å². The predicted molar refractivity (Wildman–Crippen MR) is 119 cm³/mol. The molecular formula is C23H21BrFN5O. The molecule has 6 rings (SSSR count). The summed E-state index contributed by atoms with van der Waals surface area (Å²) >= 11 is 3.40. The second-order valence-electron chi connectivity index (χ2n) is 8.05. The van der Waals surface area contributed by atoms with Gasteiger partial charge in [0.05, 0.1) is 11.6 Å². The number of halogens is 2. The van der Waals surface area contributed by atoms with Crippen LogP contribution in [0.15, 0.2) is 59.5 Å². The van der Waals surface area contributed by atoms with Gasteiger partial charge in [-0.2, -0.15) is 0 Å². The molecule has 0 spiro atoms. The Morgan fingerprint density at radius 3 is 2.68 bits per heavy atom. The van der Waals surface area contributed by atoms with E-state index < -0.39 is 5.82 Å². The van der Waals surface area contributed by atoms with Crippen LogP contribution in [0.2, 0.25) is 0 Å². The molecule has 2 bridgehead atoms. The summed E-state index contributed by atoms with van der Waals surface area (Å²) in [6.07, 6.45) is 7.86. The third-order valence-electron chi connectivity index (χ3n) is 6.13. The second kappa shape index (κ2) is 8.34. The van der Waals surface area contributed by atoms with Gasteiger partial charge in [0.15, 0.2) is 5.82 Å². The first-order valence-electron chi connectivity index (χ1n) is 10.3. The van der Waals surface area contributed by atoms with Crippen molar-refractivity contribution in [3.05, 3.63) is 70.8 Å². The number of nitrogens with one attached hydrogen (secondary N) is 1. The van der Waals surface area contributed by atoms with Gasteiger partial charge >= 0.3 is 0 Å². The highest BCUT2D eigenvalue weighted by molar-refractivity contribution is 9.10. The Morgan fingerprint density at radius 2 is 1.94 bits per heavy atom. The molecule has 0 unspecified atom stereocenters. The number of aromatic nitrogens is 3. The van der Waals surface area contributed by atoms with Crippen molar-refractivity contribution in [2.75, 3.05) is 11.9 Å². The second-order valence-corrected chi connectivity index (χ2v) is 8.97. The monoisotopic (exact) mass is 481 g/mol. The third kappa shape index (κ3) is 3.92. The topological polar surface area (TPSA) is 71.0 Å². The summed E-state index contributed by atoms with van der Waals surface area (Å²) in [4.78, 5) is 28.3. The number of hydrogen-bond acceptors (Lipinski definition) is 5. The van der Waals surface area contributed by atoms with Crippen molar-refractivity contribution in [2.24, 2.45) is 5.92 Å². The lowest BCUT2D eigenvalue weighted by Gasteiger charge is -2.50. The van der Waals surface area contributed by atoms with Gasteiger partial charge in [-0.15, -0.1) is 0 Å². The maximum atomic E-state index is 14.9. The van der Waals surface area contributed by atoms with Gasteiger partial charge in [-0.05, 0) is 65.4 Å². The third-order valence-corrected chi connectivity index (χ3v) is 6.60. The zero-order valence-electron chi connectivity index (χ0n) is 16.7. The van der Waals surface area contributed by atoms with Gasteiger partial charge in [-0.3, -0.25) is 4.79 Å². The quantitative estimate of drug-likeness (QED) is 0.591. The fourth-order valence-electron chi connectivity index (χ4n) is 4.74. The Morgan fingerprint density at radius 1 is 1.10 bits per heavy atom. The molecule has 3 fully saturated rings. The number of benzene rings is 1. The van der Waals surface area contributed by atoms with Gasteiger partial charge in [-0.1, -0.05) is 12.1 Å². The van der Waals surface area contributed by atoms with Crippen molar-refractivity contribution in [1.82, 2.24) is 19.9 Å². The summed E-state index contributed by atoms with van der Waals surface area (Å²) in [6.45, 7) is 0.638. The van der Waals surface area contributed by atoms with Gasteiger partial charge in [0.1, 0.15) is 11.6 Å². The van der Waals surface area contributed by atoms with E-state index in [9.17, 15) is 9.18 Å². The van der Waals surface area contributed by atoms with Crippen molar-refractivity contribution in [1.29, 1.82) is 0 Å². The van der Waals surface area contributed by atoms with Crippen LogP contribution < -0.4 is 5.32 Å². The van der Waals surface area contributed by atoms with E-state index in [0.717, 1.165) is 29.6 Å². The van der Waals surface area contributed by atoms with Gasteiger partial charge in [0.2, 0.25) is 0 Å². The highest BCUT2D eigenvalue weighted by Crippen LogP contribution is 2.38. The molecule has 3 aliphatic rings. The average Bonchev–Trinajstić information content (AvgIpc) is 2.81. The molecule has 1 aliphatic carbocycles. The SMILES string of the molecule is O=C(c1c(F)cccc1-c1ncccn1)N1C[C@@H]2CC[C@H]1[C@H](Nc1ccc(Br)cn1)C2. The number of nitrogens with zero attached hydrogens (tertiary/aromatic N) is 4. The molecule has 2 aliphatic heterocycles. The van der Waals surface area contributed by atoms with Crippen LogP contribution in [-0.2, 0) is 0 Å². The van der Waals surface area contributed by atoms with Crippen LogP contribution in [-0.4, -0.2) is 44.4 Å². The molecule has 3 aromatic rings. The van der Waals surface area contributed by atoms with Crippen LogP contribution in [0.5, 0.6) is 0 Å². The molecule has 1 N–H and O–H groups in total. The molecule has 8 heteroatoms. The molecule has 158 valence electrons. The Labute approximate surface area is 188 Å². The first-order valence-corrected chi connectivity index (χ1v) is 11.1. The van der Waals surface area contributed by atoms with Crippen LogP contribution in [0.25, 0.3) is 11.4 Å². The molecular weight excluding hydrogens is 461 g/mol. The number of amides is 1. The van der Waals surface area contributed by atoms with E-state index in [1.165, 1.54) is 6.07 Å². The lowest BCUT2D eigenvalue weighted by molar-refractivity contribution is 0.0278. The largest absolute Gasteiger partial charge is 0.365 e. The lowest BCUT2D eigenvalue weighted by Crippen LogP contribution is -2.60. The minimum atomic E-state index is -0.546. The number of pyridine rings is 1. The smallest absolute Gasteiger partial charge is 0.257 e. The van der Waals surface area contributed by atoms with Crippen molar-refractivity contribution >= 4 is 27.7 Å². The number of carbonyl (C=O) groups is 1. The predicted octanol–water partition coefficient (Wildman–Crippen LogP) is 4.55. The number of carbonyl (C=O) groups excluding carboxylic acids is 1. The van der Waals surface area contributed by atoms with Crippen LogP contribution in [0.3, 0.4) is 0 Å². The molecule has 1 saturated carbocycles. The number of hydrogen-bond donors (Lipinski definition) is 1. The summed E-state index contributed by atoms with van der Waals surface area (Å²) in [6, 6.07) is 10.2. The number of anilines is 1. The highest BCUT2D eigenvalue weighted by atomic mass is 79.9. The Balaban J connectivity index is 1.45. The first kappa shape index (κ1) is 20.1. The number of piperidine rings is 2. The van der Waals surface area contributed by atoms with Gasteiger partial charge in [0.25, 0.3) is 5.91 Å². The Kier molecular flexibility index (Phi) is 5.40. The number of fused-ring (bicyclic) bond motifs is 3. The molecule has 2 saturated heterocycles. The zero-order valence-corrected chi connectivity index (χ0v) is 18.3. The van der Waals surface area contributed by atoms with Crippen molar-refractivity contribution in [3.63, 3.8) is 0 Å². The normalized spacial score (nSPS) is 22.4. The lowest BCUT2D eigenvalue weighted by atomic mass is 9.76. The maximum absolute atomic E-state index is 14.9. The first-order chi connectivity index (χ1) is 15.1. The Hall–Kier alpha value is -2.87. The van der Waals surface area contributed by atoms with Crippen LogP contribution in [0.4, 0.5) is 10.2 Å². The van der Waals surface area contributed by atoms with E-state index in [-0.39, 0.29) is 23.6 Å². The molecule has 31 heavy (non-hydrogen) atoms. The summed E-state index contributed by atoms with van der Waals surface area (Å²) < 4.78 is 15.8. The fourth-order valence-corrected chi connectivity index (χ4v) is 4.98. The highest BCUT2D eigenvalue weighted by Gasteiger charge is 2.44. The summed E-state index contributed by atoms with van der Waals surface area (Å²) in [7, 11) is 0. The number of rotatable bonds is 4. The van der Waals surface area contributed by atoms with E-state index in [1.54, 1.807) is 36.8 Å². The molecule has 1 amide bonds. The molecule has 6 nitrogen and oxygen atoms in total. The summed E-state index contributed by atoms with van der Waals surface area (Å²) in [5.41, 5.74) is 0.466. The molecule has 3 atom stereocenters. The molecule has 1 aromatic carbocycles. The van der Waals surface area contributed by atoms with E-state index in [1.807, 2.05) is 17.0 Å². The van der Waals surface area contributed by atoms with E-state index in [4.69, 9.17) is 0 Å². The van der Waals surface area contributed by atoms with Gasteiger partial charge in [-0.25, -0.2) is 19.3 Å². The molecule has 2 aromatic heterocycles. The van der Waals surface area contributed by atoms with Gasteiger partial charge < -0.3 is 10.2 Å². The summed E-state index contributed by atoms with van der Waals surface area (Å²) in [5.74, 6) is 0.657. The average molecular weight is 482 g/mol. The zero-order chi connectivity index (χ0) is 21.4. The fraction of sp³-hybridized carbons (Fsp3) is 0.304. The van der Waals surface area contributed by atoms with Crippen molar-refractivity contribution < 1.29 is 9.18 Å². The maximum Gasteiger partial charge on any atom is 0.257 e. The molecule has 4 heterocycles. The Bertz CT molecular complexity index is 1090. The van der Waals surface area contributed by atoms with Crippen LogP contribution >= 0.6 is 15.9 Å². The summed E-state index contributed by atoms with van der Waals surface area (Å²) in [5, 5.41) is 3.49. The van der Waals surface area contributed by atoms with Crippen LogP contribution in [0.1, 0.15) is 29.6 Å². The van der Waals surface area contributed by atoms with Crippen molar-refractivity contribution in [2.45, 2.75) is 31.3 Å². The van der Waals surface area contributed by atoms with Crippen molar-refractivity contribution in [3.8, 4) is 11.4 Å². The minimum Gasteiger partial charge on any atom is -0.365 e. The minimum absolute atomic E-state index is 0.0212. The van der Waals surface area contributed by atoms with Crippen LogP contribution in [0, 0.1) is 11.7 Å². The standard InChI is InChI=1S/C23H21BrFN5O/c24-15-6-8-20(28-12-15)29-18-11-14-5-7-19(18)30(13-14)23(31)21-16(3-1-4-17(21)25)22-26-9-2-10-27-22/h1-4,6,8-10,12,14,18-19H,5,7,11,13H2,(H,28,29)/t14-,18-,19+/m1/s1. The molecule has 0 radical (unpaired) electrons. The van der Waals surface area contributed by atoms with E-state index in [2.05, 4.69) is 36.2 Å². The van der Waals surface area contributed by atoms with E-state index >= 15 is 0 Å².